The van der Waals surface area contributed by atoms with Crippen LogP contribution < -0.4 is 0 Å². The van der Waals surface area contributed by atoms with Gasteiger partial charge in [-0.05, 0) is 45.8 Å². The Balaban J connectivity index is 1.37. The van der Waals surface area contributed by atoms with Crippen LogP contribution in [0.3, 0.4) is 0 Å². The van der Waals surface area contributed by atoms with Crippen LogP contribution in [0.5, 0.6) is 0 Å². The van der Waals surface area contributed by atoms with E-state index in [9.17, 15) is 4.39 Å². The summed E-state index contributed by atoms with van der Waals surface area (Å²) in [5.74, 6) is 1.25. The van der Waals surface area contributed by atoms with Crippen molar-refractivity contribution in [2.45, 2.75) is 19.1 Å². The lowest BCUT2D eigenvalue weighted by Gasteiger charge is -2.39. The number of halogens is 1. The first-order valence-electron chi connectivity index (χ1n) is 10.8. The highest BCUT2D eigenvalue weighted by Crippen LogP contribution is 2.29. The smallest absolute Gasteiger partial charge is 0.173 e. The Hall–Kier alpha value is -3.36. The number of hydrogen-bond donors (Lipinski definition) is 0. The quantitative estimate of drug-likeness (QED) is 0.446. The molecule has 1 atom stereocenters. The molecule has 32 heavy (non-hydrogen) atoms. The van der Waals surface area contributed by atoms with Gasteiger partial charge in [0.2, 0.25) is 0 Å². The molecule has 0 unspecified atom stereocenters. The molecular weight excluding hydrogens is 407 g/mol. The van der Waals surface area contributed by atoms with E-state index in [1.807, 2.05) is 30.3 Å². The number of aromatic nitrogens is 4. The third-order valence-corrected chi connectivity index (χ3v) is 5.90. The third kappa shape index (κ3) is 4.61. The maximum Gasteiger partial charge on any atom is 0.173 e. The highest BCUT2D eigenvalue weighted by atomic mass is 19.1. The molecule has 5 rings (SSSR count). The van der Waals surface area contributed by atoms with E-state index in [0.29, 0.717) is 6.54 Å². The van der Waals surface area contributed by atoms with E-state index in [1.54, 1.807) is 10.9 Å². The molecule has 1 aliphatic heterocycles. The van der Waals surface area contributed by atoms with E-state index in [4.69, 9.17) is 4.42 Å². The SMILES string of the molecule is Fc1ccc([C@H](c2nnnn2Cc2ccco2)N2CCN(Cc3ccccc3)CC2)cc1. The van der Waals surface area contributed by atoms with Gasteiger partial charge in [-0.15, -0.1) is 5.10 Å². The fourth-order valence-corrected chi connectivity index (χ4v) is 4.26. The molecule has 1 saturated heterocycles. The predicted molar refractivity (Wildman–Crippen MR) is 117 cm³/mol. The van der Waals surface area contributed by atoms with E-state index in [0.717, 1.165) is 49.9 Å². The molecule has 2 aromatic carbocycles. The van der Waals surface area contributed by atoms with Gasteiger partial charge in [-0.1, -0.05) is 42.5 Å². The molecule has 164 valence electrons. The average molecular weight is 433 g/mol. The molecule has 0 radical (unpaired) electrons. The first-order valence-corrected chi connectivity index (χ1v) is 10.8. The van der Waals surface area contributed by atoms with Crippen LogP contribution in [-0.2, 0) is 13.1 Å². The van der Waals surface area contributed by atoms with Crippen LogP contribution in [0.4, 0.5) is 4.39 Å². The second-order valence-electron chi connectivity index (χ2n) is 8.03. The minimum atomic E-state index is -0.254. The third-order valence-electron chi connectivity index (χ3n) is 5.90. The number of hydrogen-bond acceptors (Lipinski definition) is 6. The van der Waals surface area contributed by atoms with Crippen LogP contribution in [0.1, 0.15) is 28.8 Å². The van der Waals surface area contributed by atoms with Gasteiger partial charge in [0.25, 0.3) is 0 Å². The van der Waals surface area contributed by atoms with Gasteiger partial charge >= 0.3 is 0 Å². The van der Waals surface area contributed by atoms with Crippen molar-refractivity contribution >= 4 is 0 Å². The lowest BCUT2D eigenvalue weighted by atomic mass is 10.0. The van der Waals surface area contributed by atoms with Crippen LogP contribution in [-0.4, -0.2) is 56.2 Å². The molecule has 3 heterocycles. The summed E-state index contributed by atoms with van der Waals surface area (Å²) in [6, 6.07) is 20.7. The summed E-state index contributed by atoms with van der Waals surface area (Å²) in [6.45, 7) is 4.98. The Kier molecular flexibility index (Phi) is 6.04. The molecule has 7 nitrogen and oxygen atoms in total. The number of benzene rings is 2. The van der Waals surface area contributed by atoms with E-state index in [-0.39, 0.29) is 11.9 Å². The van der Waals surface area contributed by atoms with Gasteiger partial charge in [-0.3, -0.25) is 9.80 Å². The molecule has 0 amide bonds. The van der Waals surface area contributed by atoms with Gasteiger partial charge in [-0.25, -0.2) is 9.07 Å². The van der Waals surface area contributed by atoms with Crippen molar-refractivity contribution in [1.82, 2.24) is 30.0 Å². The molecule has 0 N–H and O–H groups in total. The number of tetrazole rings is 1. The average Bonchev–Trinajstić information content (AvgIpc) is 3.50. The van der Waals surface area contributed by atoms with Crippen LogP contribution in [0.25, 0.3) is 0 Å². The summed E-state index contributed by atoms with van der Waals surface area (Å²) < 4.78 is 20.9. The standard InChI is InChI=1S/C24H25FN6O/c25-21-10-8-20(9-11-21)23(24-26-27-28-31(24)18-22-7-4-16-32-22)30-14-12-29(13-15-30)17-19-5-2-1-3-6-19/h1-11,16,23H,12-15,17-18H2/t23-/m1/s1. The normalized spacial score (nSPS) is 16.3. The summed E-state index contributed by atoms with van der Waals surface area (Å²) >= 11 is 0. The second-order valence-corrected chi connectivity index (χ2v) is 8.03. The highest BCUT2D eigenvalue weighted by molar-refractivity contribution is 5.26. The van der Waals surface area contributed by atoms with Crippen LogP contribution in [0.2, 0.25) is 0 Å². The van der Waals surface area contributed by atoms with Crippen molar-refractivity contribution in [3.8, 4) is 0 Å². The van der Waals surface area contributed by atoms with Crippen LogP contribution >= 0.6 is 0 Å². The molecule has 1 fully saturated rings. The van der Waals surface area contributed by atoms with Crippen LogP contribution in [0, 0.1) is 5.82 Å². The predicted octanol–water partition coefficient (Wildman–Crippen LogP) is 3.36. The fraction of sp³-hybridized carbons (Fsp3) is 0.292. The van der Waals surface area contributed by atoms with E-state index >= 15 is 0 Å². The maximum absolute atomic E-state index is 13.6. The van der Waals surface area contributed by atoms with Gasteiger partial charge in [0, 0.05) is 32.7 Å². The molecule has 0 bridgehead atoms. The van der Waals surface area contributed by atoms with Crippen LogP contribution in [0.15, 0.2) is 77.4 Å². The van der Waals surface area contributed by atoms with Crippen molar-refractivity contribution < 1.29 is 8.81 Å². The highest BCUT2D eigenvalue weighted by Gasteiger charge is 2.30. The lowest BCUT2D eigenvalue weighted by molar-refractivity contribution is 0.100. The first-order chi connectivity index (χ1) is 15.8. The number of rotatable bonds is 7. The number of furan rings is 1. The van der Waals surface area contributed by atoms with Gasteiger partial charge in [0.1, 0.15) is 18.1 Å². The number of nitrogens with zero attached hydrogens (tertiary/aromatic N) is 6. The molecule has 0 saturated carbocycles. The summed E-state index contributed by atoms with van der Waals surface area (Å²) in [6.07, 6.45) is 1.64. The van der Waals surface area contributed by atoms with Crippen molar-refractivity contribution in [3.05, 3.63) is 102 Å². The van der Waals surface area contributed by atoms with E-state index in [2.05, 4.69) is 49.6 Å². The maximum atomic E-state index is 13.6. The molecule has 1 aliphatic rings. The van der Waals surface area contributed by atoms with Gasteiger partial charge in [-0.2, -0.15) is 0 Å². The van der Waals surface area contributed by atoms with Crippen molar-refractivity contribution in [3.63, 3.8) is 0 Å². The summed E-state index contributed by atoms with van der Waals surface area (Å²) in [5.41, 5.74) is 2.29. The Bertz CT molecular complexity index is 1110. The summed E-state index contributed by atoms with van der Waals surface area (Å²) in [5, 5.41) is 12.5. The summed E-state index contributed by atoms with van der Waals surface area (Å²) in [7, 11) is 0. The van der Waals surface area contributed by atoms with Gasteiger partial charge < -0.3 is 4.42 Å². The second kappa shape index (κ2) is 9.42. The minimum absolute atomic E-state index is 0.167. The Morgan fingerprint density at radius 2 is 1.66 bits per heavy atom. The molecule has 0 spiro atoms. The Morgan fingerprint density at radius 1 is 0.875 bits per heavy atom. The zero-order valence-electron chi connectivity index (χ0n) is 17.7. The molecule has 4 aromatic rings. The molecule has 0 aliphatic carbocycles. The number of piperazine rings is 1. The fourth-order valence-electron chi connectivity index (χ4n) is 4.26. The molecule has 8 heteroatoms. The van der Waals surface area contributed by atoms with E-state index in [1.165, 1.54) is 17.7 Å². The first kappa shape index (κ1) is 20.5. The van der Waals surface area contributed by atoms with E-state index < -0.39 is 0 Å². The van der Waals surface area contributed by atoms with Crippen molar-refractivity contribution in [2.75, 3.05) is 26.2 Å². The van der Waals surface area contributed by atoms with Crippen molar-refractivity contribution in [2.24, 2.45) is 0 Å². The van der Waals surface area contributed by atoms with Gasteiger partial charge in [0.15, 0.2) is 5.82 Å². The lowest BCUT2D eigenvalue weighted by Crippen LogP contribution is -2.48. The van der Waals surface area contributed by atoms with Crippen molar-refractivity contribution in [1.29, 1.82) is 0 Å². The topological polar surface area (TPSA) is 63.2 Å². The zero-order chi connectivity index (χ0) is 21.8. The molecular formula is C24H25FN6O. The summed E-state index contributed by atoms with van der Waals surface area (Å²) in [4.78, 5) is 4.83. The zero-order valence-corrected chi connectivity index (χ0v) is 17.7. The Morgan fingerprint density at radius 3 is 2.38 bits per heavy atom. The monoisotopic (exact) mass is 432 g/mol. The molecule has 2 aromatic heterocycles. The minimum Gasteiger partial charge on any atom is -0.467 e. The Labute approximate surface area is 186 Å². The largest absolute Gasteiger partial charge is 0.467 e. The van der Waals surface area contributed by atoms with Gasteiger partial charge in [0.05, 0.1) is 12.3 Å².